The topological polar surface area (TPSA) is 33.4 Å². The number of aryl methyl sites for hydroxylation is 2. The van der Waals surface area contributed by atoms with Gasteiger partial charge in [0.05, 0.1) is 11.7 Å². The van der Waals surface area contributed by atoms with Gasteiger partial charge in [-0.25, -0.2) is 0 Å². The molecule has 0 unspecified atom stereocenters. The van der Waals surface area contributed by atoms with Crippen LogP contribution in [-0.4, -0.2) is 31.4 Å². The quantitative estimate of drug-likeness (QED) is 0.552. The lowest BCUT2D eigenvalue weighted by Crippen LogP contribution is -2.29. The summed E-state index contributed by atoms with van der Waals surface area (Å²) in [6, 6.07) is 17.5. The van der Waals surface area contributed by atoms with Crippen molar-refractivity contribution in [3.05, 3.63) is 82.9 Å². The van der Waals surface area contributed by atoms with Gasteiger partial charge in [0, 0.05) is 35.1 Å². The highest BCUT2D eigenvalue weighted by Crippen LogP contribution is 2.49. The predicted molar refractivity (Wildman–Crippen MR) is 126 cm³/mol. The van der Waals surface area contributed by atoms with E-state index in [1.807, 2.05) is 24.0 Å². The summed E-state index contributed by atoms with van der Waals surface area (Å²) in [5.74, 6) is 0. The highest BCUT2D eigenvalue weighted by Gasteiger charge is 2.44. The first-order chi connectivity index (χ1) is 14.6. The molecule has 1 saturated heterocycles. The Hall–Kier alpha value is -2.53. The van der Waals surface area contributed by atoms with Crippen molar-refractivity contribution >= 4 is 16.9 Å². The fourth-order valence-electron chi connectivity index (χ4n) is 4.94. The minimum atomic E-state index is 0.0385. The number of rotatable bonds is 4. The average Bonchev–Trinajstić information content (AvgIpc) is 3.38. The second kappa shape index (κ2) is 7.62. The molecule has 2 aromatic heterocycles. The number of thioether (sulfide) groups is 1. The minimum Gasteiger partial charge on any atom is -0.341 e. The summed E-state index contributed by atoms with van der Waals surface area (Å²) in [7, 11) is 0. The molecule has 0 bridgehead atoms. The van der Waals surface area contributed by atoms with Crippen molar-refractivity contribution in [2.45, 2.75) is 51.4 Å². The standard InChI is InChI=1S/C25H28N4S/c1-5-19-10-6-7-12-22(19)29-16(2)14-20(18(29)4)24-23(21-11-8-9-13-26-21)27-25-28(24)15-17(3)30-25/h6-14,17,23-24H,5,15H2,1-4H3/t17-,23+,24-/m0/s1. The van der Waals surface area contributed by atoms with Crippen LogP contribution in [0, 0.1) is 13.8 Å². The molecule has 0 N–H and O–H groups in total. The van der Waals surface area contributed by atoms with Crippen molar-refractivity contribution in [2.24, 2.45) is 4.99 Å². The Morgan fingerprint density at radius 3 is 2.67 bits per heavy atom. The molecular formula is C25H28N4S. The number of amidine groups is 1. The van der Waals surface area contributed by atoms with Crippen LogP contribution < -0.4 is 0 Å². The lowest BCUT2D eigenvalue weighted by molar-refractivity contribution is 0.320. The number of fused-ring (bicyclic) bond motifs is 1. The number of benzene rings is 1. The molecule has 0 spiro atoms. The van der Waals surface area contributed by atoms with Gasteiger partial charge in [-0.1, -0.05) is 49.9 Å². The molecule has 3 aromatic rings. The SMILES string of the molecule is CCc1ccccc1-n1c(C)cc([C@H]2[C@@H](c3ccccn3)N=C3S[C@@H](C)CN32)c1C. The van der Waals surface area contributed by atoms with Gasteiger partial charge in [0.1, 0.15) is 6.04 Å². The average molecular weight is 417 g/mol. The first-order valence-corrected chi connectivity index (χ1v) is 11.7. The maximum Gasteiger partial charge on any atom is 0.160 e. The third-order valence-electron chi connectivity index (χ3n) is 6.28. The van der Waals surface area contributed by atoms with Gasteiger partial charge >= 0.3 is 0 Å². The number of hydrogen-bond acceptors (Lipinski definition) is 4. The zero-order valence-electron chi connectivity index (χ0n) is 18.0. The molecule has 5 heteroatoms. The second-order valence-corrected chi connectivity index (χ2v) is 9.69. The van der Waals surface area contributed by atoms with E-state index in [-0.39, 0.29) is 12.1 Å². The predicted octanol–water partition coefficient (Wildman–Crippen LogP) is 5.64. The monoisotopic (exact) mass is 416 g/mol. The number of hydrogen-bond donors (Lipinski definition) is 0. The molecule has 4 nitrogen and oxygen atoms in total. The molecular weight excluding hydrogens is 388 g/mol. The molecule has 1 aromatic carbocycles. The van der Waals surface area contributed by atoms with Crippen LogP contribution in [0.25, 0.3) is 5.69 Å². The van der Waals surface area contributed by atoms with Gasteiger partial charge in [-0.3, -0.25) is 9.98 Å². The van der Waals surface area contributed by atoms with Crippen LogP contribution >= 0.6 is 11.8 Å². The molecule has 4 heterocycles. The number of para-hydroxylation sites is 1. The fourth-order valence-corrected chi connectivity index (χ4v) is 6.03. The molecule has 0 aliphatic carbocycles. The summed E-state index contributed by atoms with van der Waals surface area (Å²) in [6.45, 7) is 10.0. The number of aromatic nitrogens is 2. The molecule has 2 aliphatic heterocycles. The van der Waals surface area contributed by atoms with Gasteiger partial charge in [-0.05, 0) is 55.7 Å². The molecule has 0 amide bonds. The third-order valence-corrected chi connectivity index (χ3v) is 7.39. The maximum atomic E-state index is 5.15. The molecule has 5 rings (SSSR count). The van der Waals surface area contributed by atoms with Gasteiger partial charge in [-0.2, -0.15) is 0 Å². The van der Waals surface area contributed by atoms with Crippen molar-refractivity contribution in [3.8, 4) is 5.69 Å². The van der Waals surface area contributed by atoms with Gasteiger partial charge < -0.3 is 9.47 Å². The van der Waals surface area contributed by atoms with E-state index in [2.05, 4.69) is 84.6 Å². The molecule has 0 radical (unpaired) electrons. The van der Waals surface area contributed by atoms with Crippen molar-refractivity contribution in [3.63, 3.8) is 0 Å². The zero-order valence-corrected chi connectivity index (χ0v) is 18.9. The third kappa shape index (κ3) is 3.07. The summed E-state index contributed by atoms with van der Waals surface area (Å²) >= 11 is 1.89. The van der Waals surface area contributed by atoms with Crippen LogP contribution in [0.2, 0.25) is 0 Å². The number of nitrogens with zero attached hydrogens (tertiary/aromatic N) is 4. The van der Waals surface area contributed by atoms with Crippen molar-refractivity contribution in [1.29, 1.82) is 0 Å². The lowest BCUT2D eigenvalue weighted by Gasteiger charge is -2.27. The smallest absolute Gasteiger partial charge is 0.160 e. The van der Waals surface area contributed by atoms with Crippen LogP contribution in [0.3, 0.4) is 0 Å². The van der Waals surface area contributed by atoms with Crippen molar-refractivity contribution in [2.75, 3.05) is 6.54 Å². The molecule has 3 atom stereocenters. The van der Waals surface area contributed by atoms with E-state index in [1.54, 1.807) is 0 Å². The van der Waals surface area contributed by atoms with Gasteiger partial charge in [0.25, 0.3) is 0 Å². The molecule has 30 heavy (non-hydrogen) atoms. The van der Waals surface area contributed by atoms with Crippen molar-refractivity contribution in [1.82, 2.24) is 14.5 Å². The Labute approximate surface area is 183 Å². The Bertz CT molecular complexity index is 1100. The summed E-state index contributed by atoms with van der Waals surface area (Å²) in [4.78, 5) is 12.3. The van der Waals surface area contributed by atoms with E-state index in [0.717, 1.165) is 18.7 Å². The van der Waals surface area contributed by atoms with Crippen LogP contribution in [0.4, 0.5) is 0 Å². The van der Waals surface area contributed by atoms with Crippen LogP contribution in [-0.2, 0) is 6.42 Å². The van der Waals surface area contributed by atoms with E-state index >= 15 is 0 Å². The van der Waals surface area contributed by atoms with Crippen LogP contribution in [0.1, 0.15) is 54.1 Å². The van der Waals surface area contributed by atoms with E-state index in [9.17, 15) is 0 Å². The summed E-state index contributed by atoms with van der Waals surface area (Å²) in [6.07, 6.45) is 2.91. The van der Waals surface area contributed by atoms with E-state index < -0.39 is 0 Å². The van der Waals surface area contributed by atoms with Gasteiger partial charge in [0.2, 0.25) is 0 Å². The van der Waals surface area contributed by atoms with E-state index in [1.165, 1.54) is 33.4 Å². The van der Waals surface area contributed by atoms with Crippen molar-refractivity contribution < 1.29 is 0 Å². The van der Waals surface area contributed by atoms with E-state index in [4.69, 9.17) is 4.99 Å². The summed E-state index contributed by atoms with van der Waals surface area (Å²) < 4.78 is 2.42. The van der Waals surface area contributed by atoms with Gasteiger partial charge in [0.15, 0.2) is 5.17 Å². The zero-order chi connectivity index (χ0) is 20.8. The summed E-state index contributed by atoms with van der Waals surface area (Å²) in [5, 5.41) is 1.74. The summed E-state index contributed by atoms with van der Waals surface area (Å²) in [5.41, 5.74) is 7.66. The number of aliphatic imine (C=N–C) groups is 1. The molecule has 154 valence electrons. The van der Waals surface area contributed by atoms with Crippen LogP contribution in [0.5, 0.6) is 0 Å². The second-order valence-electron chi connectivity index (χ2n) is 8.28. The number of pyridine rings is 1. The normalized spacial score (nSPS) is 23.0. The Morgan fingerprint density at radius 2 is 1.90 bits per heavy atom. The molecule has 1 fully saturated rings. The Morgan fingerprint density at radius 1 is 1.10 bits per heavy atom. The minimum absolute atomic E-state index is 0.0385. The molecule has 2 aliphatic rings. The van der Waals surface area contributed by atoms with Gasteiger partial charge in [-0.15, -0.1) is 0 Å². The first kappa shape index (κ1) is 19.4. The largest absolute Gasteiger partial charge is 0.341 e. The maximum absolute atomic E-state index is 5.15. The Balaban J connectivity index is 1.64. The first-order valence-electron chi connectivity index (χ1n) is 10.8. The lowest BCUT2D eigenvalue weighted by atomic mass is 9.96. The Kier molecular flexibility index (Phi) is 4.94. The fraction of sp³-hybridized carbons (Fsp3) is 0.360. The highest BCUT2D eigenvalue weighted by molar-refractivity contribution is 8.14. The van der Waals surface area contributed by atoms with Crippen LogP contribution in [0.15, 0.2) is 59.7 Å². The van der Waals surface area contributed by atoms with E-state index in [0.29, 0.717) is 5.25 Å². The highest BCUT2D eigenvalue weighted by atomic mass is 32.2. The molecule has 0 saturated carbocycles.